The number of anilines is 1. The first-order valence-electron chi connectivity index (χ1n) is 17.4. The number of aromatic nitrogens is 1. The minimum Gasteiger partial charge on any atom is -0.494 e. The monoisotopic (exact) mass is 645 g/mol. The SMILES string of the molecule is CCCCCCCCCCCC(=O)OCOc1ccc2ccc(OCCCCN3CCN(c4cccc5sccc45)CC3)cc2n1. The van der Waals surface area contributed by atoms with Crippen LogP contribution in [0, 0.1) is 0 Å². The third kappa shape index (κ3) is 10.6. The number of hydrogen-bond donors (Lipinski definition) is 0. The quantitative estimate of drug-likeness (QED) is 0.0539. The molecule has 1 aliphatic rings. The van der Waals surface area contributed by atoms with Crippen LogP contribution in [0.1, 0.15) is 84.0 Å². The molecule has 2 aromatic heterocycles. The second kappa shape index (κ2) is 18.7. The number of carbonyl (C=O) groups excluding carboxylic acids is 1. The summed E-state index contributed by atoms with van der Waals surface area (Å²) in [6.07, 6.45) is 13.6. The molecule has 1 aliphatic heterocycles. The van der Waals surface area contributed by atoms with Crippen LogP contribution in [0.3, 0.4) is 0 Å². The van der Waals surface area contributed by atoms with Crippen molar-refractivity contribution in [3.05, 3.63) is 60.0 Å². The molecule has 2 aromatic carbocycles. The van der Waals surface area contributed by atoms with Crippen molar-refractivity contribution >= 4 is 44.0 Å². The van der Waals surface area contributed by atoms with Crippen molar-refractivity contribution in [1.82, 2.24) is 9.88 Å². The highest BCUT2D eigenvalue weighted by atomic mass is 32.1. The molecule has 0 bridgehead atoms. The lowest BCUT2D eigenvalue weighted by Crippen LogP contribution is -2.46. The third-order valence-corrected chi connectivity index (χ3v) is 9.75. The number of nitrogens with zero attached hydrogens (tertiary/aromatic N) is 3. The van der Waals surface area contributed by atoms with E-state index in [0.717, 1.165) is 75.1 Å². The van der Waals surface area contributed by atoms with Crippen molar-refractivity contribution in [3.63, 3.8) is 0 Å². The van der Waals surface area contributed by atoms with Gasteiger partial charge in [0.05, 0.1) is 12.1 Å². The van der Waals surface area contributed by atoms with E-state index >= 15 is 0 Å². The maximum absolute atomic E-state index is 12.1. The van der Waals surface area contributed by atoms with Crippen molar-refractivity contribution in [2.24, 2.45) is 0 Å². The maximum atomic E-state index is 12.1. The Labute approximate surface area is 278 Å². The summed E-state index contributed by atoms with van der Waals surface area (Å²) in [5, 5.41) is 4.58. The van der Waals surface area contributed by atoms with Gasteiger partial charge in [-0.1, -0.05) is 64.4 Å². The average molecular weight is 646 g/mol. The second-order valence-corrected chi connectivity index (χ2v) is 13.3. The Morgan fingerprint density at radius 3 is 2.43 bits per heavy atom. The van der Waals surface area contributed by atoms with Crippen LogP contribution in [0.4, 0.5) is 5.69 Å². The molecule has 4 aromatic rings. The molecule has 248 valence electrons. The lowest BCUT2D eigenvalue weighted by Gasteiger charge is -2.36. The van der Waals surface area contributed by atoms with Crippen molar-refractivity contribution in [2.75, 3.05) is 51.0 Å². The number of rotatable bonds is 20. The van der Waals surface area contributed by atoms with Gasteiger partial charge in [0.15, 0.2) is 0 Å². The molecule has 1 saturated heterocycles. The molecule has 8 heteroatoms. The number of hydrogen-bond acceptors (Lipinski definition) is 8. The molecular formula is C38H51N3O4S. The zero-order valence-electron chi connectivity index (χ0n) is 27.6. The van der Waals surface area contributed by atoms with Gasteiger partial charge < -0.3 is 19.1 Å². The van der Waals surface area contributed by atoms with E-state index in [1.165, 1.54) is 60.7 Å². The fourth-order valence-electron chi connectivity index (χ4n) is 6.15. The lowest BCUT2D eigenvalue weighted by atomic mass is 10.1. The number of piperazine rings is 1. The summed E-state index contributed by atoms with van der Waals surface area (Å²) in [5.74, 6) is 1.03. The summed E-state index contributed by atoms with van der Waals surface area (Å²) in [6, 6.07) is 18.6. The molecule has 0 N–H and O–H groups in total. The Hall–Kier alpha value is -3.36. The van der Waals surface area contributed by atoms with Gasteiger partial charge in [0.25, 0.3) is 0 Å². The molecule has 46 heavy (non-hydrogen) atoms. The Morgan fingerprint density at radius 2 is 1.61 bits per heavy atom. The Bertz CT molecular complexity index is 1480. The molecule has 0 atom stereocenters. The van der Waals surface area contributed by atoms with Crippen LogP contribution < -0.4 is 14.4 Å². The van der Waals surface area contributed by atoms with Gasteiger partial charge in [0, 0.05) is 65.9 Å². The molecule has 0 unspecified atom stereocenters. The Morgan fingerprint density at radius 1 is 0.826 bits per heavy atom. The highest BCUT2D eigenvalue weighted by Gasteiger charge is 2.18. The number of carbonyl (C=O) groups is 1. The molecule has 0 saturated carbocycles. The van der Waals surface area contributed by atoms with Gasteiger partial charge in [0.2, 0.25) is 12.7 Å². The first-order valence-corrected chi connectivity index (χ1v) is 18.3. The van der Waals surface area contributed by atoms with E-state index in [4.69, 9.17) is 14.2 Å². The van der Waals surface area contributed by atoms with Crippen molar-refractivity contribution < 1.29 is 19.0 Å². The van der Waals surface area contributed by atoms with E-state index in [-0.39, 0.29) is 12.8 Å². The van der Waals surface area contributed by atoms with Crippen LogP contribution in [0.2, 0.25) is 0 Å². The van der Waals surface area contributed by atoms with Crippen LogP contribution in [-0.2, 0) is 9.53 Å². The fraction of sp³-hybridized carbons (Fsp3) is 0.526. The van der Waals surface area contributed by atoms with E-state index < -0.39 is 0 Å². The van der Waals surface area contributed by atoms with Gasteiger partial charge in [0.1, 0.15) is 5.75 Å². The number of pyridine rings is 1. The first kappa shape index (κ1) is 34.0. The minimum atomic E-state index is -0.214. The van der Waals surface area contributed by atoms with E-state index in [1.54, 1.807) is 6.07 Å². The highest BCUT2D eigenvalue weighted by molar-refractivity contribution is 7.17. The number of benzene rings is 2. The van der Waals surface area contributed by atoms with Gasteiger partial charge in [-0.25, -0.2) is 4.98 Å². The van der Waals surface area contributed by atoms with Crippen molar-refractivity contribution in [2.45, 2.75) is 84.0 Å². The summed E-state index contributed by atoms with van der Waals surface area (Å²) in [5.41, 5.74) is 2.17. The van der Waals surface area contributed by atoms with Gasteiger partial charge >= 0.3 is 5.97 Å². The summed E-state index contributed by atoms with van der Waals surface area (Å²) in [4.78, 5) is 21.8. The zero-order valence-corrected chi connectivity index (χ0v) is 28.4. The molecule has 1 fully saturated rings. The molecule has 0 amide bonds. The minimum absolute atomic E-state index is 0.120. The average Bonchev–Trinajstić information content (AvgIpc) is 3.57. The van der Waals surface area contributed by atoms with Crippen molar-refractivity contribution in [3.8, 4) is 11.6 Å². The largest absolute Gasteiger partial charge is 0.494 e. The van der Waals surface area contributed by atoms with E-state index in [2.05, 4.69) is 51.4 Å². The number of unbranched alkanes of at least 4 members (excludes halogenated alkanes) is 9. The van der Waals surface area contributed by atoms with Gasteiger partial charge in [-0.15, -0.1) is 11.3 Å². The van der Waals surface area contributed by atoms with Crippen LogP contribution in [-0.4, -0.2) is 62.0 Å². The molecule has 3 heterocycles. The molecular weight excluding hydrogens is 595 g/mol. The number of thiophene rings is 1. The molecule has 0 radical (unpaired) electrons. The summed E-state index contributed by atoms with van der Waals surface area (Å²) < 4.78 is 18.4. The number of ether oxygens (including phenoxy) is 3. The maximum Gasteiger partial charge on any atom is 0.308 e. The first-order chi connectivity index (χ1) is 22.7. The van der Waals surface area contributed by atoms with Gasteiger partial charge in [-0.2, -0.15) is 0 Å². The topological polar surface area (TPSA) is 64.1 Å². The second-order valence-electron chi connectivity index (χ2n) is 12.4. The van der Waals surface area contributed by atoms with Crippen LogP contribution in [0.25, 0.3) is 21.0 Å². The number of fused-ring (bicyclic) bond motifs is 2. The van der Waals surface area contributed by atoms with Crippen molar-refractivity contribution in [1.29, 1.82) is 0 Å². The standard InChI is InChI=1S/C38H51N3O4S/c1-2-3-4-5-6-7-8-9-10-16-38(42)45-30-44-37-20-18-31-17-19-32(29-34(31)39-37)43-27-12-11-22-40-23-25-41(26-24-40)35-14-13-15-36-33(35)21-28-46-36/h13-15,17-21,28-29H,2-12,16,22-27,30H2,1H3. The third-order valence-electron chi connectivity index (χ3n) is 8.87. The van der Waals surface area contributed by atoms with Gasteiger partial charge in [-0.3, -0.25) is 9.69 Å². The highest BCUT2D eigenvalue weighted by Crippen LogP contribution is 2.31. The lowest BCUT2D eigenvalue weighted by molar-refractivity contribution is -0.150. The van der Waals surface area contributed by atoms with Crippen LogP contribution in [0.5, 0.6) is 11.6 Å². The fourth-order valence-corrected chi connectivity index (χ4v) is 6.96. The molecule has 0 spiro atoms. The number of esters is 1. The van der Waals surface area contributed by atoms with E-state index in [1.807, 2.05) is 35.6 Å². The molecule has 5 rings (SSSR count). The Kier molecular flexibility index (Phi) is 13.8. The van der Waals surface area contributed by atoms with Gasteiger partial charge in [-0.05, 0) is 67.6 Å². The summed E-state index contributed by atoms with van der Waals surface area (Å²) >= 11 is 1.82. The summed E-state index contributed by atoms with van der Waals surface area (Å²) in [6.45, 7) is 8.24. The molecule has 0 aliphatic carbocycles. The predicted molar refractivity (Wildman–Crippen MR) is 190 cm³/mol. The van der Waals surface area contributed by atoms with Crippen LogP contribution >= 0.6 is 11.3 Å². The Balaban J connectivity index is 0.937. The van der Waals surface area contributed by atoms with Crippen LogP contribution in [0.15, 0.2) is 60.0 Å². The van der Waals surface area contributed by atoms with E-state index in [0.29, 0.717) is 18.9 Å². The normalized spacial score (nSPS) is 13.8. The van der Waals surface area contributed by atoms with E-state index in [9.17, 15) is 4.79 Å². The smallest absolute Gasteiger partial charge is 0.308 e. The molecule has 7 nitrogen and oxygen atoms in total. The zero-order chi connectivity index (χ0) is 31.8. The summed E-state index contributed by atoms with van der Waals surface area (Å²) in [7, 11) is 0. The predicted octanol–water partition coefficient (Wildman–Crippen LogP) is 9.23.